The monoisotopic (exact) mass is 283 g/mol. The molecule has 0 heterocycles. The number of aryl methyl sites for hydroxylation is 2. The fourth-order valence-electron chi connectivity index (χ4n) is 2.18. The summed E-state index contributed by atoms with van der Waals surface area (Å²) < 4.78 is 0. The van der Waals surface area contributed by atoms with Crippen LogP contribution in [0, 0.1) is 17.0 Å². The number of carbonyl (C=O) groups excluding carboxylic acids is 1. The predicted octanol–water partition coefficient (Wildman–Crippen LogP) is 3.65. The summed E-state index contributed by atoms with van der Waals surface area (Å²) in [6, 6.07) is 14.4. The minimum absolute atomic E-state index is 0.0150. The van der Waals surface area contributed by atoms with Gasteiger partial charge in [-0.1, -0.05) is 48.0 Å². The van der Waals surface area contributed by atoms with Crippen LogP contribution in [0.4, 0.5) is 5.69 Å². The normalized spacial score (nSPS) is 10.3. The third kappa shape index (κ3) is 4.24. The van der Waals surface area contributed by atoms with Gasteiger partial charge in [-0.25, -0.2) is 0 Å². The second kappa shape index (κ2) is 6.79. The lowest BCUT2D eigenvalue weighted by molar-refractivity contribution is -0.385. The summed E-state index contributed by atoms with van der Waals surface area (Å²) in [5.74, 6) is 0.0184. The van der Waals surface area contributed by atoms with Crippen molar-refractivity contribution in [3.63, 3.8) is 0 Å². The first-order chi connectivity index (χ1) is 10.1. The number of rotatable bonds is 6. The Labute approximate surface area is 123 Å². The van der Waals surface area contributed by atoms with Crippen molar-refractivity contribution in [2.24, 2.45) is 0 Å². The number of hydrogen-bond donors (Lipinski definition) is 0. The van der Waals surface area contributed by atoms with Crippen molar-refractivity contribution in [2.45, 2.75) is 26.2 Å². The van der Waals surface area contributed by atoms with E-state index in [2.05, 4.69) is 0 Å². The molecule has 0 aromatic heterocycles. The molecule has 108 valence electrons. The number of ketones is 1. The maximum absolute atomic E-state index is 12.0. The van der Waals surface area contributed by atoms with Gasteiger partial charge in [0.15, 0.2) is 0 Å². The molecule has 0 saturated heterocycles. The molecule has 0 radical (unpaired) electrons. The molecule has 0 amide bonds. The van der Waals surface area contributed by atoms with Crippen LogP contribution in [-0.4, -0.2) is 10.7 Å². The van der Waals surface area contributed by atoms with Crippen molar-refractivity contribution < 1.29 is 9.72 Å². The number of para-hydroxylation sites is 1. The lowest BCUT2D eigenvalue weighted by atomic mass is 10.0. The standard InChI is InChI=1S/C17H17NO3/c1-13-6-8-14(9-7-13)10-11-16(19)12-15-4-2-3-5-17(15)18(20)21/h2-9H,10-12H2,1H3. The van der Waals surface area contributed by atoms with Gasteiger partial charge in [0.25, 0.3) is 5.69 Å². The molecule has 0 bridgehead atoms. The molecule has 0 N–H and O–H groups in total. The van der Waals surface area contributed by atoms with E-state index in [1.165, 1.54) is 11.6 Å². The van der Waals surface area contributed by atoms with Crippen LogP contribution in [0.1, 0.15) is 23.1 Å². The number of nitro benzene ring substituents is 1. The van der Waals surface area contributed by atoms with Crippen LogP contribution in [0.15, 0.2) is 48.5 Å². The summed E-state index contributed by atoms with van der Waals surface area (Å²) in [7, 11) is 0. The number of nitrogens with zero attached hydrogens (tertiary/aromatic N) is 1. The van der Waals surface area contributed by atoms with Crippen molar-refractivity contribution in [2.75, 3.05) is 0 Å². The molecule has 0 fully saturated rings. The first-order valence-electron chi connectivity index (χ1n) is 6.86. The van der Waals surface area contributed by atoms with Crippen LogP contribution in [-0.2, 0) is 17.6 Å². The summed E-state index contributed by atoms with van der Waals surface area (Å²) in [4.78, 5) is 22.5. The molecule has 0 atom stereocenters. The Kier molecular flexibility index (Phi) is 4.82. The highest BCUT2D eigenvalue weighted by Gasteiger charge is 2.15. The van der Waals surface area contributed by atoms with E-state index < -0.39 is 4.92 Å². The smallest absolute Gasteiger partial charge is 0.273 e. The van der Waals surface area contributed by atoms with Crippen molar-refractivity contribution >= 4 is 11.5 Å². The van der Waals surface area contributed by atoms with Gasteiger partial charge in [0.2, 0.25) is 0 Å². The molecule has 4 nitrogen and oxygen atoms in total. The third-order valence-electron chi connectivity index (χ3n) is 3.39. The van der Waals surface area contributed by atoms with Gasteiger partial charge in [-0.05, 0) is 18.9 Å². The number of carbonyl (C=O) groups is 1. The average Bonchev–Trinajstić information content (AvgIpc) is 2.47. The first-order valence-corrected chi connectivity index (χ1v) is 6.86. The van der Waals surface area contributed by atoms with Gasteiger partial charge in [-0.2, -0.15) is 0 Å². The maximum Gasteiger partial charge on any atom is 0.273 e. The third-order valence-corrected chi connectivity index (χ3v) is 3.39. The number of Topliss-reactive ketones (excluding diaryl/α,β-unsaturated/α-hetero) is 1. The van der Waals surface area contributed by atoms with E-state index in [1.807, 2.05) is 31.2 Å². The second-order valence-corrected chi connectivity index (χ2v) is 5.09. The van der Waals surface area contributed by atoms with Crippen molar-refractivity contribution in [1.82, 2.24) is 0 Å². The van der Waals surface area contributed by atoms with Gasteiger partial charge in [0.1, 0.15) is 5.78 Å². The topological polar surface area (TPSA) is 60.2 Å². The van der Waals surface area contributed by atoms with Crippen LogP contribution in [0.5, 0.6) is 0 Å². The minimum Gasteiger partial charge on any atom is -0.299 e. The van der Waals surface area contributed by atoms with Gasteiger partial charge >= 0.3 is 0 Å². The zero-order valence-electron chi connectivity index (χ0n) is 11.9. The molecule has 2 aromatic carbocycles. The van der Waals surface area contributed by atoms with Crippen molar-refractivity contribution in [1.29, 1.82) is 0 Å². The van der Waals surface area contributed by atoms with Gasteiger partial charge in [0.05, 0.1) is 4.92 Å². The molecular weight excluding hydrogens is 266 g/mol. The largest absolute Gasteiger partial charge is 0.299 e. The van der Waals surface area contributed by atoms with Gasteiger partial charge in [-0.15, -0.1) is 0 Å². The van der Waals surface area contributed by atoms with E-state index in [0.717, 1.165) is 5.56 Å². The van der Waals surface area contributed by atoms with Gasteiger partial charge in [-0.3, -0.25) is 14.9 Å². The Balaban J connectivity index is 1.96. The van der Waals surface area contributed by atoms with E-state index in [1.54, 1.807) is 18.2 Å². The number of nitro groups is 1. The van der Waals surface area contributed by atoms with Crippen LogP contribution in [0.2, 0.25) is 0 Å². The highest BCUT2D eigenvalue weighted by molar-refractivity contribution is 5.82. The summed E-state index contributed by atoms with van der Waals surface area (Å²) in [6.07, 6.45) is 1.18. The molecule has 0 unspecified atom stereocenters. The summed E-state index contributed by atoms with van der Waals surface area (Å²) in [6.45, 7) is 2.02. The highest BCUT2D eigenvalue weighted by atomic mass is 16.6. The lowest BCUT2D eigenvalue weighted by Crippen LogP contribution is -2.06. The van der Waals surface area contributed by atoms with Crippen LogP contribution in [0.25, 0.3) is 0 Å². The zero-order chi connectivity index (χ0) is 15.2. The average molecular weight is 283 g/mol. The van der Waals surface area contributed by atoms with E-state index in [-0.39, 0.29) is 17.9 Å². The minimum atomic E-state index is -0.442. The number of benzene rings is 2. The molecule has 2 aromatic rings. The fraction of sp³-hybridized carbons (Fsp3) is 0.235. The second-order valence-electron chi connectivity index (χ2n) is 5.09. The Bertz CT molecular complexity index is 647. The molecule has 4 heteroatoms. The summed E-state index contributed by atoms with van der Waals surface area (Å²) >= 11 is 0. The lowest BCUT2D eigenvalue weighted by Gasteiger charge is -2.04. The highest BCUT2D eigenvalue weighted by Crippen LogP contribution is 2.19. The SMILES string of the molecule is Cc1ccc(CCC(=O)Cc2ccccc2[N+](=O)[O-])cc1. The zero-order valence-corrected chi connectivity index (χ0v) is 11.9. The van der Waals surface area contributed by atoms with Crippen LogP contribution < -0.4 is 0 Å². The van der Waals surface area contributed by atoms with E-state index in [9.17, 15) is 14.9 Å². The van der Waals surface area contributed by atoms with Crippen molar-refractivity contribution in [3.05, 3.63) is 75.3 Å². The van der Waals surface area contributed by atoms with E-state index in [4.69, 9.17) is 0 Å². The van der Waals surface area contributed by atoms with Crippen LogP contribution >= 0.6 is 0 Å². The predicted molar refractivity (Wildman–Crippen MR) is 81.3 cm³/mol. The van der Waals surface area contributed by atoms with E-state index >= 15 is 0 Å². The molecule has 0 aliphatic rings. The fourth-order valence-corrected chi connectivity index (χ4v) is 2.18. The summed E-state index contributed by atoms with van der Waals surface area (Å²) in [5.41, 5.74) is 2.79. The molecule has 2 rings (SSSR count). The first kappa shape index (κ1) is 14.9. The molecule has 0 saturated carbocycles. The quantitative estimate of drug-likeness (QED) is 0.600. The molecule has 21 heavy (non-hydrogen) atoms. The maximum atomic E-state index is 12.0. The Morgan fingerprint density at radius 3 is 2.43 bits per heavy atom. The Morgan fingerprint density at radius 1 is 1.10 bits per heavy atom. The molecule has 0 spiro atoms. The van der Waals surface area contributed by atoms with Gasteiger partial charge in [0, 0.05) is 24.5 Å². The molecular formula is C17H17NO3. The van der Waals surface area contributed by atoms with Crippen LogP contribution in [0.3, 0.4) is 0 Å². The number of hydrogen-bond acceptors (Lipinski definition) is 3. The Morgan fingerprint density at radius 2 is 1.76 bits per heavy atom. The summed E-state index contributed by atoms with van der Waals surface area (Å²) in [5, 5.41) is 10.9. The van der Waals surface area contributed by atoms with E-state index in [0.29, 0.717) is 18.4 Å². The Hall–Kier alpha value is -2.49. The van der Waals surface area contributed by atoms with Crippen molar-refractivity contribution in [3.8, 4) is 0 Å². The molecule has 0 aliphatic heterocycles. The molecule has 0 aliphatic carbocycles. The van der Waals surface area contributed by atoms with Gasteiger partial charge < -0.3 is 0 Å².